The van der Waals surface area contributed by atoms with Gasteiger partial charge in [-0.25, -0.2) is 9.97 Å². The Balaban J connectivity index is 1.26. The number of hydrogen-bond donors (Lipinski definition) is 1. The average Bonchev–Trinajstić information content (AvgIpc) is 2.90. The number of aryl methyl sites for hydroxylation is 2. The fourth-order valence-electron chi connectivity index (χ4n) is 4.22. The van der Waals surface area contributed by atoms with Crippen LogP contribution in [0.4, 0.5) is 17.3 Å². The monoisotopic (exact) mass is 479 g/mol. The van der Waals surface area contributed by atoms with Gasteiger partial charge >= 0.3 is 0 Å². The summed E-state index contributed by atoms with van der Waals surface area (Å²) in [7, 11) is 0. The lowest BCUT2D eigenvalue weighted by Gasteiger charge is -2.35. The summed E-state index contributed by atoms with van der Waals surface area (Å²) in [5, 5.41) is 3.37. The lowest BCUT2D eigenvalue weighted by molar-refractivity contribution is 0.0744. The number of anilines is 3. The van der Waals surface area contributed by atoms with Crippen LogP contribution in [0.2, 0.25) is 0 Å². The largest absolute Gasteiger partial charge is 0.457 e. The highest BCUT2D eigenvalue weighted by Gasteiger charge is 2.25. The zero-order valence-electron chi connectivity index (χ0n) is 20.5. The summed E-state index contributed by atoms with van der Waals surface area (Å²) in [6, 6.07) is 27.1. The second kappa shape index (κ2) is 10.5. The maximum Gasteiger partial charge on any atom is 0.257 e. The lowest BCUT2D eigenvalue weighted by Crippen LogP contribution is -2.49. The van der Waals surface area contributed by atoms with Gasteiger partial charge in [0.25, 0.3) is 5.91 Å². The molecule has 0 unspecified atom stereocenters. The highest BCUT2D eigenvalue weighted by atomic mass is 16.5. The van der Waals surface area contributed by atoms with Crippen molar-refractivity contribution in [2.45, 2.75) is 13.8 Å². The van der Waals surface area contributed by atoms with E-state index in [2.05, 4.69) is 39.2 Å². The number of carbonyl (C=O) groups excluding carboxylic acids is 1. The van der Waals surface area contributed by atoms with Crippen molar-refractivity contribution in [3.63, 3.8) is 0 Å². The standard InChI is InChI=1S/C29H29N5O2/c1-21-12-14-23(15-13-21)32-27-20-28(31-22(2)30-27)33-16-18-34(19-17-33)29(35)25-10-6-7-11-26(25)36-24-8-4-3-5-9-24/h3-15,20H,16-19H2,1-2H3,(H,30,31,32). The molecule has 182 valence electrons. The van der Waals surface area contributed by atoms with Gasteiger partial charge in [-0.1, -0.05) is 48.0 Å². The summed E-state index contributed by atoms with van der Waals surface area (Å²) in [6.07, 6.45) is 0. The summed E-state index contributed by atoms with van der Waals surface area (Å²) in [4.78, 5) is 26.7. The molecule has 7 nitrogen and oxygen atoms in total. The van der Waals surface area contributed by atoms with Gasteiger partial charge in [0, 0.05) is 37.9 Å². The molecule has 1 aliphatic rings. The van der Waals surface area contributed by atoms with Gasteiger partial charge in [-0.15, -0.1) is 0 Å². The number of nitrogens with one attached hydrogen (secondary N) is 1. The van der Waals surface area contributed by atoms with E-state index in [4.69, 9.17) is 4.74 Å². The molecule has 1 aliphatic heterocycles. The smallest absolute Gasteiger partial charge is 0.257 e. The lowest BCUT2D eigenvalue weighted by atomic mass is 10.1. The van der Waals surface area contributed by atoms with Crippen LogP contribution < -0.4 is 15.0 Å². The maximum atomic E-state index is 13.4. The predicted molar refractivity (Wildman–Crippen MR) is 142 cm³/mol. The number of rotatable bonds is 6. The van der Waals surface area contributed by atoms with Crippen LogP contribution in [-0.2, 0) is 0 Å². The van der Waals surface area contributed by atoms with Crippen molar-refractivity contribution in [1.29, 1.82) is 0 Å². The van der Waals surface area contributed by atoms with E-state index in [9.17, 15) is 4.79 Å². The molecule has 1 fully saturated rings. The van der Waals surface area contributed by atoms with Gasteiger partial charge in [-0.05, 0) is 50.2 Å². The zero-order valence-corrected chi connectivity index (χ0v) is 20.5. The Morgan fingerprint density at radius 1 is 0.833 bits per heavy atom. The Morgan fingerprint density at radius 2 is 1.53 bits per heavy atom. The van der Waals surface area contributed by atoms with Crippen molar-refractivity contribution >= 4 is 23.2 Å². The summed E-state index contributed by atoms with van der Waals surface area (Å²) in [5.74, 6) is 3.56. The van der Waals surface area contributed by atoms with E-state index in [1.807, 2.05) is 84.6 Å². The van der Waals surface area contributed by atoms with E-state index in [1.54, 1.807) is 0 Å². The molecule has 36 heavy (non-hydrogen) atoms. The van der Waals surface area contributed by atoms with Crippen LogP contribution >= 0.6 is 0 Å². The van der Waals surface area contributed by atoms with Crippen molar-refractivity contribution in [2.75, 3.05) is 36.4 Å². The minimum Gasteiger partial charge on any atom is -0.457 e. The van der Waals surface area contributed by atoms with Gasteiger partial charge in [0.2, 0.25) is 0 Å². The van der Waals surface area contributed by atoms with Crippen LogP contribution in [0.5, 0.6) is 11.5 Å². The number of benzene rings is 3. The molecule has 0 spiro atoms. The third-order valence-electron chi connectivity index (χ3n) is 6.13. The summed E-state index contributed by atoms with van der Waals surface area (Å²) in [5.41, 5.74) is 2.76. The number of aromatic nitrogens is 2. The summed E-state index contributed by atoms with van der Waals surface area (Å²) in [6.45, 7) is 6.54. The second-order valence-electron chi connectivity index (χ2n) is 8.84. The van der Waals surface area contributed by atoms with E-state index in [0.717, 1.165) is 17.3 Å². The second-order valence-corrected chi connectivity index (χ2v) is 8.84. The molecule has 1 N–H and O–H groups in total. The SMILES string of the molecule is Cc1ccc(Nc2cc(N3CCN(C(=O)c4ccccc4Oc4ccccc4)CC3)nc(C)n2)cc1. The Labute approximate surface area is 211 Å². The van der Waals surface area contributed by atoms with Crippen molar-refractivity contribution in [3.05, 3.63) is 102 Å². The van der Waals surface area contributed by atoms with Crippen LogP contribution in [0.3, 0.4) is 0 Å². The normalized spacial score (nSPS) is 13.4. The molecule has 5 rings (SSSR count). The number of amides is 1. The predicted octanol–water partition coefficient (Wildman–Crippen LogP) is 5.59. The summed E-state index contributed by atoms with van der Waals surface area (Å²) < 4.78 is 6.01. The Morgan fingerprint density at radius 3 is 2.28 bits per heavy atom. The molecule has 7 heteroatoms. The Hall–Kier alpha value is -4.39. The van der Waals surface area contributed by atoms with E-state index in [1.165, 1.54) is 5.56 Å². The molecular formula is C29H29N5O2. The van der Waals surface area contributed by atoms with Crippen molar-refractivity contribution in [3.8, 4) is 11.5 Å². The third-order valence-corrected chi connectivity index (χ3v) is 6.13. The third kappa shape index (κ3) is 5.46. The van der Waals surface area contributed by atoms with Crippen molar-refractivity contribution < 1.29 is 9.53 Å². The van der Waals surface area contributed by atoms with Gasteiger partial charge in [0.15, 0.2) is 0 Å². The minimum atomic E-state index is -0.0261. The van der Waals surface area contributed by atoms with Gasteiger partial charge in [0.05, 0.1) is 5.56 Å². The fraction of sp³-hybridized carbons (Fsp3) is 0.207. The van der Waals surface area contributed by atoms with Crippen molar-refractivity contribution in [1.82, 2.24) is 14.9 Å². The number of carbonyl (C=O) groups is 1. The summed E-state index contributed by atoms with van der Waals surface area (Å²) >= 11 is 0. The highest BCUT2D eigenvalue weighted by Crippen LogP contribution is 2.27. The molecule has 0 saturated carbocycles. The molecule has 4 aromatic rings. The average molecular weight is 480 g/mol. The number of nitrogens with zero attached hydrogens (tertiary/aromatic N) is 4. The molecular weight excluding hydrogens is 450 g/mol. The van der Waals surface area contributed by atoms with Crippen LogP contribution in [-0.4, -0.2) is 47.0 Å². The molecule has 3 aromatic carbocycles. The molecule has 1 saturated heterocycles. The Kier molecular flexibility index (Phi) is 6.80. The van der Waals surface area contributed by atoms with Crippen molar-refractivity contribution in [2.24, 2.45) is 0 Å². The molecule has 1 aromatic heterocycles. The Bertz CT molecular complexity index is 1330. The van der Waals surface area contributed by atoms with Crippen LogP contribution in [0.25, 0.3) is 0 Å². The van der Waals surface area contributed by atoms with E-state index in [-0.39, 0.29) is 5.91 Å². The molecule has 0 radical (unpaired) electrons. The minimum absolute atomic E-state index is 0.0261. The van der Waals surface area contributed by atoms with Gasteiger partial charge in [0.1, 0.15) is 29.0 Å². The maximum absolute atomic E-state index is 13.4. The van der Waals surface area contributed by atoms with Gasteiger partial charge in [-0.3, -0.25) is 4.79 Å². The van der Waals surface area contributed by atoms with E-state index < -0.39 is 0 Å². The van der Waals surface area contributed by atoms with Gasteiger partial charge < -0.3 is 19.9 Å². The molecule has 0 atom stereocenters. The van der Waals surface area contributed by atoms with E-state index in [0.29, 0.717) is 49.1 Å². The fourth-order valence-corrected chi connectivity index (χ4v) is 4.22. The van der Waals surface area contributed by atoms with Gasteiger partial charge in [-0.2, -0.15) is 0 Å². The van der Waals surface area contributed by atoms with Crippen LogP contribution in [0, 0.1) is 13.8 Å². The first-order chi connectivity index (χ1) is 17.5. The first-order valence-corrected chi connectivity index (χ1v) is 12.1. The number of para-hydroxylation sites is 2. The highest BCUT2D eigenvalue weighted by molar-refractivity contribution is 5.97. The van der Waals surface area contributed by atoms with Crippen LogP contribution in [0.15, 0.2) is 84.9 Å². The van der Waals surface area contributed by atoms with Crippen LogP contribution in [0.1, 0.15) is 21.7 Å². The number of ether oxygens (including phenoxy) is 1. The van der Waals surface area contributed by atoms with E-state index >= 15 is 0 Å². The molecule has 2 heterocycles. The molecule has 0 aliphatic carbocycles. The molecule has 1 amide bonds. The first-order valence-electron chi connectivity index (χ1n) is 12.1. The first kappa shape index (κ1) is 23.4. The zero-order chi connectivity index (χ0) is 24.9. The number of hydrogen-bond acceptors (Lipinski definition) is 6. The molecule has 0 bridgehead atoms. The quantitative estimate of drug-likeness (QED) is 0.389. The number of piperazine rings is 1. The topological polar surface area (TPSA) is 70.6 Å².